The molecule has 254 valence electrons. The van der Waals surface area contributed by atoms with Crippen LogP contribution >= 0.6 is 11.6 Å². The Morgan fingerprint density at radius 1 is 0.854 bits per heavy atom. The lowest BCUT2D eigenvalue weighted by Gasteiger charge is -2.34. The first-order valence-electron chi connectivity index (χ1n) is 15.7. The van der Waals surface area contributed by atoms with Gasteiger partial charge in [-0.15, -0.1) is 0 Å². The van der Waals surface area contributed by atoms with E-state index in [1.54, 1.807) is 48.5 Å². The van der Waals surface area contributed by atoms with Crippen LogP contribution in [-0.4, -0.2) is 58.0 Å². The molecule has 0 spiro atoms. The summed E-state index contributed by atoms with van der Waals surface area (Å²) in [6.45, 7) is 5.22. The Bertz CT molecular complexity index is 1780. The van der Waals surface area contributed by atoms with Gasteiger partial charge in [-0.25, -0.2) is 8.42 Å². The van der Waals surface area contributed by atoms with E-state index in [4.69, 9.17) is 21.1 Å². The number of ether oxygens (including phenoxy) is 2. The lowest BCUT2D eigenvalue weighted by molar-refractivity contribution is -0.140. The molecule has 4 aromatic rings. The van der Waals surface area contributed by atoms with Crippen LogP contribution in [0.15, 0.2) is 102 Å². The van der Waals surface area contributed by atoms with Crippen molar-refractivity contribution in [2.45, 2.75) is 57.1 Å². The first-order chi connectivity index (χ1) is 23.0. The quantitative estimate of drug-likeness (QED) is 0.154. The maximum absolute atomic E-state index is 14.6. The minimum absolute atomic E-state index is 0.0412. The maximum atomic E-state index is 14.6. The molecule has 4 rings (SSSR count). The van der Waals surface area contributed by atoms with Crippen LogP contribution in [0.2, 0.25) is 5.02 Å². The first kappa shape index (κ1) is 36.3. The number of aryl methyl sites for hydroxylation is 1. The molecule has 0 aromatic heterocycles. The van der Waals surface area contributed by atoms with Crippen molar-refractivity contribution in [3.63, 3.8) is 0 Å². The van der Waals surface area contributed by atoms with Gasteiger partial charge in [0.05, 0.1) is 24.8 Å². The highest BCUT2D eigenvalue weighted by molar-refractivity contribution is 7.92. The molecular weight excluding hydrogens is 650 g/mol. The van der Waals surface area contributed by atoms with Crippen LogP contribution in [0.25, 0.3) is 0 Å². The number of halogens is 1. The van der Waals surface area contributed by atoms with E-state index in [1.807, 2.05) is 51.1 Å². The molecule has 48 heavy (non-hydrogen) atoms. The molecule has 1 N–H and O–H groups in total. The Balaban J connectivity index is 1.82. The average molecular weight is 692 g/mol. The van der Waals surface area contributed by atoms with Gasteiger partial charge in [0.1, 0.15) is 12.6 Å². The number of nitrogens with zero attached hydrogens (tertiary/aromatic N) is 2. The van der Waals surface area contributed by atoms with Crippen molar-refractivity contribution in [1.82, 2.24) is 10.2 Å². The molecular formula is C37H42ClN3O6S. The highest BCUT2D eigenvalue weighted by Crippen LogP contribution is 2.32. The summed E-state index contributed by atoms with van der Waals surface area (Å²) in [6.07, 6.45) is 0.912. The predicted molar refractivity (Wildman–Crippen MR) is 189 cm³/mol. The van der Waals surface area contributed by atoms with Crippen LogP contribution in [0.5, 0.6) is 11.5 Å². The van der Waals surface area contributed by atoms with Gasteiger partial charge >= 0.3 is 0 Å². The fraction of sp³-hybridized carbons (Fsp3) is 0.297. The average Bonchev–Trinajstić information content (AvgIpc) is 3.09. The van der Waals surface area contributed by atoms with Crippen molar-refractivity contribution in [3.05, 3.63) is 119 Å². The monoisotopic (exact) mass is 691 g/mol. The van der Waals surface area contributed by atoms with E-state index in [2.05, 4.69) is 5.32 Å². The number of carbonyl (C=O) groups excluding carboxylic acids is 2. The number of hydrogen-bond acceptors (Lipinski definition) is 6. The maximum Gasteiger partial charge on any atom is 0.264 e. The normalized spacial score (nSPS) is 12.5. The van der Waals surface area contributed by atoms with Crippen molar-refractivity contribution in [2.24, 2.45) is 0 Å². The highest BCUT2D eigenvalue weighted by atomic mass is 35.5. The molecule has 0 bridgehead atoms. The Kier molecular flexibility index (Phi) is 12.5. The molecule has 4 aromatic carbocycles. The van der Waals surface area contributed by atoms with Crippen LogP contribution < -0.4 is 19.1 Å². The second-order valence-electron chi connectivity index (χ2n) is 11.5. The second-order valence-corrected chi connectivity index (χ2v) is 13.8. The summed E-state index contributed by atoms with van der Waals surface area (Å²) >= 11 is 6.17. The van der Waals surface area contributed by atoms with Gasteiger partial charge in [-0.3, -0.25) is 13.9 Å². The molecule has 9 nitrogen and oxygen atoms in total. The molecule has 2 amide bonds. The zero-order valence-corrected chi connectivity index (χ0v) is 29.4. The molecule has 0 heterocycles. The summed E-state index contributed by atoms with van der Waals surface area (Å²) in [6, 6.07) is 26.5. The van der Waals surface area contributed by atoms with Gasteiger partial charge in [0.25, 0.3) is 10.0 Å². The largest absolute Gasteiger partial charge is 0.493 e. The summed E-state index contributed by atoms with van der Waals surface area (Å²) in [5.74, 6) is -0.308. The van der Waals surface area contributed by atoms with Crippen LogP contribution in [0.4, 0.5) is 5.69 Å². The first-order valence-corrected chi connectivity index (χ1v) is 17.5. The van der Waals surface area contributed by atoms with E-state index < -0.39 is 28.5 Å². The number of methoxy groups -OCH3 is 2. The predicted octanol–water partition coefficient (Wildman–Crippen LogP) is 6.42. The second kappa shape index (κ2) is 16.5. The van der Waals surface area contributed by atoms with Crippen molar-refractivity contribution in [3.8, 4) is 11.5 Å². The zero-order valence-electron chi connectivity index (χ0n) is 27.9. The van der Waals surface area contributed by atoms with Gasteiger partial charge in [0.15, 0.2) is 11.5 Å². The Hall–Kier alpha value is -4.54. The molecule has 0 fully saturated rings. The fourth-order valence-corrected chi connectivity index (χ4v) is 6.68. The van der Waals surface area contributed by atoms with Gasteiger partial charge < -0.3 is 19.7 Å². The Labute approximate surface area is 288 Å². The highest BCUT2D eigenvalue weighted by Gasteiger charge is 2.35. The van der Waals surface area contributed by atoms with Crippen LogP contribution in [0, 0.1) is 6.92 Å². The molecule has 0 unspecified atom stereocenters. The summed E-state index contributed by atoms with van der Waals surface area (Å²) in [5, 5.41) is 3.57. The third-order valence-electron chi connectivity index (χ3n) is 8.08. The standard InChI is InChI=1S/C37H42ClN3O6S/c1-6-27(3)39-37(43)33(22-28-10-8-7-9-11-28)40(24-29-14-16-30(38)17-15-29)36(42)25-41(31-18-12-26(2)13-19-31)48(44,45)32-20-21-34(46-4)35(23-32)47-5/h7-21,23,27,33H,6,22,24-25H2,1-5H3,(H,39,43)/t27-,33+/m1/s1. The number of sulfonamides is 1. The summed E-state index contributed by atoms with van der Waals surface area (Å²) < 4.78 is 40.5. The molecule has 0 radical (unpaired) electrons. The molecule has 0 aliphatic heterocycles. The summed E-state index contributed by atoms with van der Waals surface area (Å²) in [4.78, 5) is 30.0. The van der Waals surface area contributed by atoms with Crippen LogP contribution in [0.3, 0.4) is 0 Å². The van der Waals surface area contributed by atoms with E-state index >= 15 is 0 Å². The van der Waals surface area contributed by atoms with Crippen LogP contribution in [0.1, 0.15) is 37.0 Å². The van der Waals surface area contributed by atoms with E-state index in [1.165, 1.54) is 37.3 Å². The fourth-order valence-electron chi connectivity index (χ4n) is 5.13. The van der Waals surface area contributed by atoms with Crippen LogP contribution in [-0.2, 0) is 32.6 Å². The third-order valence-corrected chi connectivity index (χ3v) is 10.1. The number of benzene rings is 4. The molecule has 2 atom stereocenters. The summed E-state index contributed by atoms with van der Waals surface area (Å²) in [5.41, 5.74) is 2.79. The topological polar surface area (TPSA) is 105 Å². The lowest BCUT2D eigenvalue weighted by Crippen LogP contribution is -2.54. The van der Waals surface area contributed by atoms with Gasteiger partial charge in [0, 0.05) is 30.1 Å². The van der Waals surface area contributed by atoms with Gasteiger partial charge in [-0.2, -0.15) is 0 Å². The minimum Gasteiger partial charge on any atom is -0.493 e. The SMILES string of the molecule is CC[C@@H](C)NC(=O)[C@H](Cc1ccccc1)N(Cc1ccc(Cl)cc1)C(=O)CN(c1ccc(C)cc1)S(=O)(=O)c1ccc(OC)c(OC)c1. The Morgan fingerprint density at radius 3 is 2.10 bits per heavy atom. The summed E-state index contributed by atoms with van der Waals surface area (Å²) in [7, 11) is -1.45. The smallest absolute Gasteiger partial charge is 0.264 e. The van der Waals surface area contributed by atoms with Gasteiger partial charge in [-0.05, 0) is 67.8 Å². The number of rotatable bonds is 15. The lowest BCUT2D eigenvalue weighted by atomic mass is 10.0. The number of carbonyl (C=O) groups is 2. The van der Waals surface area contributed by atoms with Gasteiger partial charge in [-0.1, -0.05) is 78.7 Å². The van der Waals surface area contributed by atoms with Gasteiger partial charge in [0.2, 0.25) is 11.8 Å². The molecule has 0 aliphatic carbocycles. The Morgan fingerprint density at radius 2 is 1.50 bits per heavy atom. The van der Waals surface area contributed by atoms with E-state index in [9.17, 15) is 18.0 Å². The van der Waals surface area contributed by atoms with Crippen molar-refractivity contribution < 1.29 is 27.5 Å². The van der Waals surface area contributed by atoms with E-state index in [-0.39, 0.29) is 35.6 Å². The van der Waals surface area contributed by atoms with Crippen molar-refractivity contribution in [1.29, 1.82) is 0 Å². The third kappa shape index (κ3) is 9.08. The molecule has 11 heteroatoms. The van der Waals surface area contributed by atoms with E-state index in [0.29, 0.717) is 22.9 Å². The number of nitrogens with one attached hydrogen (secondary N) is 1. The zero-order chi connectivity index (χ0) is 34.8. The number of amides is 2. The van der Waals surface area contributed by atoms with Crippen molar-refractivity contribution in [2.75, 3.05) is 25.1 Å². The van der Waals surface area contributed by atoms with Crippen molar-refractivity contribution >= 4 is 39.1 Å². The number of anilines is 1. The van der Waals surface area contributed by atoms with E-state index in [0.717, 1.165) is 21.0 Å². The number of hydrogen-bond donors (Lipinski definition) is 1. The minimum atomic E-state index is -4.33. The molecule has 0 saturated heterocycles. The molecule has 0 aliphatic rings. The molecule has 0 saturated carbocycles.